The molecular formula is C37H35IrN3O-2. The largest absolute Gasteiger partial charge is 0.441 e. The summed E-state index contributed by atoms with van der Waals surface area (Å²) in [6.07, 6.45) is 1.39. The Hall–Kier alpha value is -3.92. The molecule has 215 valence electrons. The molecule has 0 aliphatic heterocycles. The van der Waals surface area contributed by atoms with Crippen LogP contribution in [0.25, 0.3) is 44.7 Å². The zero-order valence-corrected chi connectivity index (χ0v) is 25.6. The second-order valence-electron chi connectivity index (χ2n) is 10.4. The van der Waals surface area contributed by atoms with Crippen LogP contribution in [0, 0.1) is 38.1 Å². The second-order valence-corrected chi connectivity index (χ2v) is 10.4. The molecule has 6 rings (SSSR count). The molecule has 5 heteroatoms. The molecule has 42 heavy (non-hydrogen) atoms. The number of rotatable bonds is 4. The van der Waals surface area contributed by atoms with Crippen LogP contribution in [-0.4, -0.2) is 15.0 Å². The molecule has 0 aliphatic rings. The van der Waals surface area contributed by atoms with Gasteiger partial charge in [-0.1, -0.05) is 57.5 Å². The fraction of sp³-hybridized carbons (Fsp3) is 0.216. The molecule has 3 aromatic carbocycles. The summed E-state index contributed by atoms with van der Waals surface area (Å²) in [7, 11) is 0. The number of aryl methyl sites for hydroxylation is 3. The monoisotopic (exact) mass is 741 g/mol. The molecule has 3 heterocycles. The van der Waals surface area contributed by atoms with E-state index < -0.39 is 32.3 Å². The molecule has 0 amide bonds. The molecule has 0 spiro atoms. The van der Waals surface area contributed by atoms with Crippen LogP contribution in [0.1, 0.15) is 58.4 Å². The SMILES string of the molecule is [2H]C([2H])([2H])c1c[c-]c(-c2ccc(C([2H])([2H])[2H])cn2)cc1.[2H]C([2H])([2H])c1nc2ccc(-c3cc[c-]c(-c4cc(C([2H])([2H])C(C)(C)C)ccn4)c3)cc2o1.[Ir]. The molecule has 4 nitrogen and oxygen atoms in total. The van der Waals surface area contributed by atoms with Crippen molar-refractivity contribution >= 4 is 11.1 Å². The Kier molecular flexibility index (Phi) is 6.15. The molecule has 0 unspecified atom stereocenters. The molecule has 0 saturated carbocycles. The number of oxazole rings is 1. The summed E-state index contributed by atoms with van der Waals surface area (Å²) in [5.74, 6) is -0.277. The molecule has 1 radical (unpaired) electrons. The first-order valence-corrected chi connectivity index (χ1v) is 12.9. The van der Waals surface area contributed by atoms with Gasteiger partial charge in [0, 0.05) is 54.4 Å². The van der Waals surface area contributed by atoms with E-state index in [4.69, 9.17) is 19.5 Å². The number of hydrogen-bond acceptors (Lipinski definition) is 4. The van der Waals surface area contributed by atoms with Crippen molar-refractivity contribution in [3.63, 3.8) is 0 Å². The van der Waals surface area contributed by atoms with Gasteiger partial charge in [-0.2, -0.15) is 0 Å². The first-order valence-electron chi connectivity index (χ1n) is 18.4. The van der Waals surface area contributed by atoms with Crippen LogP contribution < -0.4 is 0 Å². The van der Waals surface area contributed by atoms with Crippen molar-refractivity contribution in [3.8, 4) is 33.6 Å². The van der Waals surface area contributed by atoms with E-state index in [2.05, 4.69) is 27.1 Å². The van der Waals surface area contributed by atoms with Crippen molar-refractivity contribution in [2.24, 2.45) is 5.41 Å². The van der Waals surface area contributed by atoms with Gasteiger partial charge in [0.15, 0.2) is 11.5 Å². The molecule has 3 aromatic heterocycles. The van der Waals surface area contributed by atoms with E-state index in [9.17, 15) is 0 Å². The number of hydrogen-bond donors (Lipinski definition) is 0. The van der Waals surface area contributed by atoms with Crippen LogP contribution in [0.15, 0.2) is 95.7 Å². The van der Waals surface area contributed by atoms with Gasteiger partial charge < -0.3 is 14.4 Å². The Balaban J connectivity index is 0.000000258. The van der Waals surface area contributed by atoms with Gasteiger partial charge in [-0.15, -0.1) is 70.8 Å². The minimum Gasteiger partial charge on any atom is -0.441 e. The molecule has 0 N–H and O–H groups in total. The fourth-order valence-corrected chi connectivity index (χ4v) is 4.12. The van der Waals surface area contributed by atoms with E-state index in [1.807, 2.05) is 39.0 Å². The van der Waals surface area contributed by atoms with Crippen molar-refractivity contribution in [1.82, 2.24) is 15.0 Å². The van der Waals surface area contributed by atoms with Crippen LogP contribution in [0.3, 0.4) is 0 Å². The Bertz CT molecular complexity index is 2110. The first kappa shape index (κ1) is 19.3. The topological polar surface area (TPSA) is 51.8 Å². The van der Waals surface area contributed by atoms with E-state index >= 15 is 0 Å². The third-order valence-electron chi connectivity index (χ3n) is 5.93. The minimum atomic E-state index is -2.40. The predicted octanol–water partition coefficient (Wildman–Crippen LogP) is 9.42. The third-order valence-corrected chi connectivity index (χ3v) is 5.93. The van der Waals surface area contributed by atoms with Crippen LogP contribution in [0.5, 0.6) is 0 Å². The summed E-state index contributed by atoms with van der Waals surface area (Å²) in [6.45, 7) is -1.12. The zero-order chi connectivity index (χ0) is 38.3. The summed E-state index contributed by atoms with van der Waals surface area (Å²) >= 11 is 0. The molecule has 0 atom stereocenters. The first-order chi connectivity index (χ1) is 24.0. The van der Waals surface area contributed by atoms with Gasteiger partial charge in [0.1, 0.15) is 5.52 Å². The second kappa shape index (κ2) is 13.4. The Morgan fingerprint density at radius 1 is 0.810 bits per heavy atom. The summed E-state index contributed by atoms with van der Waals surface area (Å²) in [5.41, 5.74) is 5.50. The molecule has 0 fully saturated rings. The fourth-order valence-electron chi connectivity index (χ4n) is 4.12. The molecule has 0 aliphatic carbocycles. The van der Waals surface area contributed by atoms with Gasteiger partial charge in [0.25, 0.3) is 0 Å². The van der Waals surface area contributed by atoms with Gasteiger partial charge in [0.2, 0.25) is 0 Å². The van der Waals surface area contributed by atoms with Crippen LogP contribution in [-0.2, 0) is 26.5 Å². The van der Waals surface area contributed by atoms with Gasteiger partial charge >= 0.3 is 0 Å². The molecular weight excluding hydrogens is 695 g/mol. The standard InChI is InChI=1S/C24H23N2O.C13H12N.Ir/c1-16-26-21-9-8-19(14-23(21)27-16)18-6-5-7-20(13-18)22-12-17(10-11-25-22)15-24(2,3)4;1-10-3-6-12(7-4-10)13-8-5-11(2)9-14-13;/h5-6,8-14H,15H2,1-4H3;3-6,8-9H,1-2H3;/q2*-1;/i1D3,15D2;1D3,2D3;. The summed E-state index contributed by atoms with van der Waals surface area (Å²) in [6, 6.07) is 28.0. The van der Waals surface area contributed by atoms with Crippen LogP contribution >= 0.6 is 0 Å². The van der Waals surface area contributed by atoms with Crippen molar-refractivity contribution in [1.29, 1.82) is 0 Å². The maximum Gasteiger partial charge on any atom is 0.192 e. The summed E-state index contributed by atoms with van der Waals surface area (Å²) < 4.78 is 88.7. The van der Waals surface area contributed by atoms with Crippen LogP contribution in [0.2, 0.25) is 0 Å². The quantitative estimate of drug-likeness (QED) is 0.169. The average Bonchev–Trinajstić information content (AvgIpc) is 3.52. The molecule has 0 bridgehead atoms. The van der Waals surface area contributed by atoms with Crippen molar-refractivity contribution in [2.75, 3.05) is 0 Å². The maximum absolute atomic E-state index is 8.55. The van der Waals surface area contributed by atoms with E-state index in [-0.39, 0.29) is 37.1 Å². The van der Waals surface area contributed by atoms with E-state index in [1.54, 1.807) is 48.7 Å². The Labute approximate surface area is 278 Å². The zero-order valence-electron chi connectivity index (χ0n) is 34.2. The van der Waals surface area contributed by atoms with E-state index in [0.29, 0.717) is 33.6 Å². The number of benzene rings is 3. The third kappa shape index (κ3) is 8.09. The number of fused-ring (bicyclic) bond motifs is 1. The van der Waals surface area contributed by atoms with Gasteiger partial charge in [-0.25, -0.2) is 4.98 Å². The number of nitrogens with zero attached hydrogens (tertiary/aromatic N) is 3. The van der Waals surface area contributed by atoms with E-state index in [0.717, 1.165) is 16.7 Å². The van der Waals surface area contributed by atoms with E-state index in [1.165, 1.54) is 24.4 Å². The maximum atomic E-state index is 8.55. The molecule has 0 saturated heterocycles. The number of aromatic nitrogens is 3. The van der Waals surface area contributed by atoms with Crippen molar-refractivity contribution < 1.29 is 39.6 Å². The van der Waals surface area contributed by atoms with Crippen LogP contribution in [0.4, 0.5) is 0 Å². The van der Waals surface area contributed by atoms with Crippen molar-refractivity contribution in [2.45, 2.75) is 47.7 Å². The molecule has 6 aromatic rings. The van der Waals surface area contributed by atoms with Gasteiger partial charge in [-0.05, 0) is 59.4 Å². The normalized spacial score (nSPS) is 16.1. The average molecular weight is 741 g/mol. The number of pyridine rings is 2. The van der Waals surface area contributed by atoms with Gasteiger partial charge in [0.05, 0.1) is 0 Å². The smallest absolute Gasteiger partial charge is 0.192 e. The predicted molar refractivity (Wildman–Crippen MR) is 167 cm³/mol. The summed E-state index contributed by atoms with van der Waals surface area (Å²) in [4.78, 5) is 12.6. The summed E-state index contributed by atoms with van der Waals surface area (Å²) in [5, 5.41) is 0. The van der Waals surface area contributed by atoms with Gasteiger partial charge in [-0.3, -0.25) is 0 Å². The minimum absolute atomic E-state index is 0. The van der Waals surface area contributed by atoms with Crippen molar-refractivity contribution in [3.05, 3.63) is 126 Å². The Morgan fingerprint density at radius 2 is 1.64 bits per heavy atom. The Morgan fingerprint density at radius 3 is 2.36 bits per heavy atom.